The number of para-hydroxylation sites is 1. The molecule has 2 amide bonds. The van der Waals surface area contributed by atoms with Crippen LogP contribution < -0.4 is 30.4 Å². The fourth-order valence-corrected chi connectivity index (χ4v) is 4.73. The molecule has 2 N–H and O–H groups in total. The predicted octanol–water partition coefficient (Wildman–Crippen LogP) is 4.91. The molecule has 0 fully saturated rings. The van der Waals surface area contributed by atoms with Crippen LogP contribution in [-0.2, 0) is 11.2 Å². The Balaban J connectivity index is 1.34. The minimum Gasteiger partial charge on any atom is -0.493 e. The summed E-state index contributed by atoms with van der Waals surface area (Å²) < 4.78 is 18.3. The van der Waals surface area contributed by atoms with Crippen LogP contribution in [0.1, 0.15) is 29.3 Å². The molecule has 0 saturated carbocycles. The van der Waals surface area contributed by atoms with Crippen LogP contribution in [0.3, 0.4) is 0 Å². The van der Waals surface area contributed by atoms with E-state index >= 15 is 0 Å². The number of pyridine rings is 3. The number of anilines is 1. The summed E-state index contributed by atoms with van der Waals surface area (Å²) in [5, 5.41) is 6.16. The highest BCUT2D eigenvalue weighted by atomic mass is 16.5. The van der Waals surface area contributed by atoms with Crippen molar-refractivity contribution in [3.05, 3.63) is 107 Å². The van der Waals surface area contributed by atoms with Gasteiger partial charge in [-0.1, -0.05) is 24.1 Å². The molecule has 5 rings (SSSR count). The van der Waals surface area contributed by atoms with E-state index in [9.17, 15) is 14.4 Å². The van der Waals surface area contributed by atoms with Gasteiger partial charge in [0.2, 0.25) is 0 Å². The maximum atomic E-state index is 13.5. The molecule has 46 heavy (non-hydrogen) atoms. The quantitative estimate of drug-likeness (QED) is 0.158. The third kappa shape index (κ3) is 7.31. The second-order valence-electron chi connectivity index (χ2n) is 9.98. The van der Waals surface area contributed by atoms with Gasteiger partial charge in [0.25, 0.3) is 17.4 Å². The summed E-state index contributed by atoms with van der Waals surface area (Å²) in [5.41, 5.74) is 1.51. The summed E-state index contributed by atoms with van der Waals surface area (Å²) in [6.45, 7) is 1.99. The molecule has 11 heteroatoms. The molecular weight excluding hydrogens is 586 g/mol. The highest BCUT2D eigenvalue weighted by molar-refractivity contribution is 6.03. The van der Waals surface area contributed by atoms with Crippen LogP contribution in [0.4, 0.5) is 5.82 Å². The number of rotatable bonds is 11. The predicted molar refractivity (Wildman–Crippen MR) is 174 cm³/mol. The van der Waals surface area contributed by atoms with Gasteiger partial charge < -0.3 is 24.8 Å². The summed E-state index contributed by atoms with van der Waals surface area (Å²) >= 11 is 0. The number of hydrogen-bond donors (Lipinski definition) is 2. The lowest BCUT2D eigenvalue weighted by Crippen LogP contribution is -2.29. The van der Waals surface area contributed by atoms with Gasteiger partial charge in [-0.3, -0.25) is 23.9 Å². The van der Waals surface area contributed by atoms with Crippen molar-refractivity contribution in [3.8, 4) is 40.5 Å². The molecule has 0 saturated heterocycles. The standard InChI is InChI=1S/C35H31N5O6/c1-4-9-33(41)37-16-8-10-23-18-27(35(43)40(22-23)24-11-6-5-7-12-24)34(42)39-32-14-13-25(21-38-32)46-29-15-17-36-28-20-31(45-3)30(44-2)19-26(28)29/h5-7,11-15,17-22H,8,10,16H2,1-3H3,(H,37,41)(H,38,39,42). The van der Waals surface area contributed by atoms with Gasteiger partial charge in [0.15, 0.2) is 11.5 Å². The Bertz CT molecular complexity index is 2000. The number of aromatic nitrogens is 3. The normalized spacial score (nSPS) is 10.4. The smallest absolute Gasteiger partial charge is 0.295 e. The number of benzene rings is 2. The molecule has 0 aliphatic carbocycles. The number of hydrogen-bond acceptors (Lipinski definition) is 8. The second kappa shape index (κ2) is 14.5. The van der Waals surface area contributed by atoms with Gasteiger partial charge in [0.1, 0.15) is 22.9 Å². The van der Waals surface area contributed by atoms with E-state index in [1.54, 1.807) is 82.1 Å². The van der Waals surface area contributed by atoms with Crippen LogP contribution in [0, 0.1) is 11.8 Å². The number of carbonyl (C=O) groups is 2. The van der Waals surface area contributed by atoms with Crippen molar-refractivity contribution in [2.24, 2.45) is 0 Å². The van der Waals surface area contributed by atoms with E-state index in [0.717, 1.165) is 5.56 Å². The first kappa shape index (κ1) is 31.3. The molecule has 2 aromatic carbocycles. The minimum atomic E-state index is -0.606. The average Bonchev–Trinajstić information content (AvgIpc) is 3.08. The third-order valence-corrected chi connectivity index (χ3v) is 6.93. The highest BCUT2D eigenvalue weighted by Gasteiger charge is 2.17. The lowest BCUT2D eigenvalue weighted by Gasteiger charge is -2.13. The van der Waals surface area contributed by atoms with E-state index in [1.807, 2.05) is 18.2 Å². The van der Waals surface area contributed by atoms with Crippen LogP contribution in [0.2, 0.25) is 0 Å². The van der Waals surface area contributed by atoms with Crippen molar-refractivity contribution in [2.45, 2.75) is 19.8 Å². The summed E-state index contributed by atoms with van der Waals surface area (Å²) in [7, 11) is 3.11. The Morgan fingerprint density at radius 1 is 0.935 bits per heavy atom. The molecule has 11 nitrogen and oxygen atoms in total. The van der Waals surface area contributed by atoms with Gasteiger partial charge in [-0.05, 0) is 73.7 Å². The Kier molecular flexibility index (Phi) is 9.89. The Hall–Kier alpha value is -6.15. The zero-order valence-corrected chi connectivity index (χ0v) is 25.5. The molecule has 0 atom stereocenters. The topological polar surface area (TPSA) is 134 Å². The lowest BCUT2D eigenvalue weighted by molar-refractivity contribution is -0.115. The maximum absolute atomic E-state index is 13.5. The van der Waals surface area contributed by atoms with Crippen LogP contribution in [0.25, 0.3) is 16.6 Å². The number of ether oxygens (including phenoxy) is 3. The first-order chi connectivity index (χ1) is 22.4. The van der Waals surface area contributed by atoms with E-state index < -0.39 is 11.5 Å². The van der Waals surface area contributed by atoms with E-state index in [4.69, 9.17) is 14.2 Å². The Morgan fingerprint density at radius 3 is 2.43 bits per heavy atom. The van der Waals surface area contributed by atoms with Crippen molar-refractivity contribution in [3.63, 3.8) is 0 Å². The second-order valence-corrected chi connectivity index (χ2v) is 9.98. The zero-order chi connectivity index (χ0) is 32.5. The number of nitrogens with zero attached hydrogens (tertiary/aromatic N) is 3. The molecule has 0 radical (unpaired) electrons. The average molecular weight is 618 g/mol. The molecule has 232 valence electrons. The summed E-state index contributed by atoms with van der Waals surface area (Å²) in [5.74, 6) is 6.31. The van der Waals surface area contributed by atoms with Gasteiger partial charge in [-0.15, -0.1) is 0 Å². The lowest BCUT2D eigenvalue weighted by atomic mass is 10.1. The molecule has 0 spiro atoms. The van der Waals surface area contributed by atoms with Gasteiger partial charge >= 0.3 is 0 Å². The number of amides is 2. The molecule has 0 bridgehead atoms. The van der Waals surface area contributed by atoms with Crippen molar-refractivity contribution in [2.75, 3.05) is 26.1 Å². The molecule has 5 aromatic rings. The number of methoxy groups -OCH3 is 2. The van der Waals surface area contributed by atoms with E-state index in [2.05, 4.69) is 32.4 Å². The number of aryl methyl sites for hydroxylation is 1. The van der Waals surface area contributed by atoms with Crippen LogP contribution in [-0.4, -0.2) is 47.1 Å². The Labute approximate surface area is 265 Å². The third-order valence-electron chi connectivity index (χ3n) is 6.93. The zero-order valence-electron chi connectivity index (χ0n) is 25.5. The molecule has 0 aliphatic rings. The van der Waals surface area contributed by atoms with Crippen molar-refractivity contribution < 1.29 is 23.8 Å². The molecular formula is C35H31N5O6. The van der Waals surface area contributed by atoms with Gasteiger partial charge in [0.05, 0.1) is 25.9 Å². The van der Waals surface area contributed by atoms with Crippen LogP contribution in [0.15, 0.2) is 90.1 Å². The Morgan fingerprint density at radius 2 is 1.72 bits per heavy atom. The largest absolute Gasteiger partial charge is 0.493 e. The van der Waals surface area contributed by atoms with Gasteiger partial charge in [-0.25, -0.2) is 4.98 Å². The monoisotopic (exact) mass is 617 g/mol. The van der Waals surface area contributed by atoms with Crippen LogP contribution in [0.5, 0.6) is 23.0 Å². The first-order valence-electron chi connectivity index (χ1n) is 14.4. The molecule has 0 unspecified atom stereocenters. The van der Waals surface area contributed by atoms with E-state index in [-0.39, 0.29) is 17.3 Å². The van der Waals surface area contributed by atoms with E-state index in [0.29, 0.717) is 59.0 Å². The fraction of sp³-hybridized carbons (Fsp3) is 0.171. The molecule has 0 aliphatic heterocycles. The van der Waals surface area contributed by atoms with Crippen LogP contribution >= 0.6 is 0 Å². The summed E-state index contributed by atoms with van der Waals surface area (Å²) in [6.07, 6.45) is 5.90. The van der Waals surface area contributed by atoms with Crippen molar-refractivity contribution in [1.29, 1.82) is 0 Å². The SMILES string of the molecule is CC#CC(=O)NCCCc1cc(C(=O)Nc2ccc(Oc3ccnc4cc(OC)c(OC)cc34)cn2)c(=O)n(-c2ccccc2)c1. The first-order valence-corrected chi connectivity index (χ1v) is 14.4. The maximum Gasteiger partial charge on any atom is 0.295 e. The summed E-state index contributed by atoms with van der Waals surface area (Å²) in [6, 6.07) is 19.1. The molecule has 3 aromatic heterocycles. The molecule has 3 heterocycles. The van der Waals surface area contributed by atoms with Gasteiger partial charge in [0, 0.05) is 36.1 Å². The number of carbonyl (C=O) groups excluding carboxylic acids is 2. The summed E-state index contributed by atoms with van der Waals surface area (Å²) in [4.78, 5) is 47.2. The van der Waals surface area contributed by atoms with Gasteiger partial charge in [-0.2, -0.15) is 0 Å². The highest BCUT2D eigenvalue weighted by Crippen LogP contribution is 2.36. The minimum absolute atomic E-state index is 0.0444. The fourth-order valence-electron chi connectivity index (χ4n) is 4.73. The number of fused-ring (bicyclic) bond motifs is 1. The van der Waals surface area contributed by atoms with E-state index in [1.165, 1.54) is 10.8 Å². The number of nitrogens with one attached hydrogen (secondary N) is 2. The van der Waals surface area contributed by atoms with Crippen molar-refractivity contribution in [1.82, 2.24) is 19.9 Å². The van der Waals surface area contributed by atoms with Crippen molar-refractivity contribution >= 4 is 28.5 Å².